The fourth-order valence-electron chi connectivity index (χ4n) is 1.50. The van der Waals surface area contributed by atoms with E-state index in [1.807, 2.05) is 13.0 Å². The average Bonchev–Trinajstić information content (AvgIpc) is 2.78. The van der Waals surface area contributed by atoms with Crippen LogP contribution in [0.3, 0.4) is 0 Å². The van der Waals surface area contributed by atoms with Crippen molar-refractivity contribution in [3.63, 3.8) is 0 Å². The summed E-state index contributed by atoms with van der Waals surface area (Å²) < 4.78 is 5.24. The molecule has 0 spiro atoms. The first-order valence-corrected chi connectivity index (χ1v) is 7.15. The quantitative estimate of drug-likeness (QED) is 0.468. The minimum absolute atomic E-state index is 0.307. The summed E-state index contributed by atoms with van der Waals surface area (Å²) >= 11 is 1.33. The van der Waals surface area contributed by atoms with Crippen LogP contribution in [0.25, 0.3) is 5.57 Å². The van der Waals surface area contributed by atoms with E-state index in [4.69, 9.17) is 10.5 Å². The molecular formula is C13H20N2O2S. The van der Waals surface area contributed by atoms with E-state index in [1.165, 1.54) is 11.3 Å². The van der Waals surface area contributed by atoms with Crippen molar-refractivity contribution in [2.45, 2.75) is 39.5 Å². The van der Waals surface area contributed by atoms with E-state index >= 15 is 0 Å². The molecule has 1 heterocycles. The molecule has 1 aromatic rings. The first-order chi connectivity index (χ1) is 8.69. The normalized spacial score (nSPS) is 11.6. The molecule has 0 unspecified atom stereocenters. The van der Waals surface area contributed by atoms with Crippen molar-refractivity contribution in [3.05, 3.63) is 17.2 Å². The molecule has 100 valence electrons. The average molecular weight is 268 g/mol. The summed E-state index contributed by atoms with van der Waals surface area (Å²) in [5.74, 6) is -0.307. The minimum atomic E-state index is -0.307. The molecule has 0 atom stereocenters. The van der Waals surface area contributed by atoms with Crippen LogP contribution in [0, 0.1) is 0 Å². The van der Waals surface area contributed by atoms with Crippen molar-refractivity contribution < 1.29 is 9.53 Å². The topological polar surface area (TPSA) is 65.2 Å². The van der Waals surface area contributed by atoms with Crippen LogP contribution in [0.5, 0.6) is 0 Å². The zero-order valence-electron chi connectivity index (χ0n) is 10.9. The van der Waals surface area contributed by atoms with Gasteiger partial charge in [0.15, 0.2) is 5.13 Å². The molecule has 0 aromatic carbocycles. The van der Waals surface area contributed by atoms with Crippen LogP contribution in [0.1, 0.15) is 45.2 Å². The number of unbranched alkanes of at least 4 members (excludes halogenated alkanes) is 2. The predicted molar refractivity (Wildman–Crippen MR) is 75.3 cm³/mol. The third kappa shape index (κ3) is 4.49. The van der Waals surface area contributed by atoms with Crippen molar-refractivity contribution >= 4 is 28.0 Å². The summed E-state index contributed by atoms with van der Waals surface area (Å²) in [6.45, 7) is 4.55. The number of esters is 1. The van der Waals surface area contributed by atoms with Gasteiger partial charge in [0.05, 0.1) is 17.9 Å². The molecule has 0 saturated heterocycles. The lowest BCUT2D eigenvalue weighted by molar-refractivity contribution is -0.136. The Labute approximate surface area is 112 Å². The lowest BCUT2D eigenvalue weighted by Gasteiger charge is -2.06. The first kappa shape index (κ1) is 14.7. The van der Waals surface area contributed by atoms with E-state index < -0.39 is 0 Å². The molecule has 0 saturated carbocycles. The van der Waals surface area contributed by atoms with Gasteiger partial charge in [-0.3, -0.25) is 0 Å². The monoisotopic (exact) mass is 268 g/mol. The van der Waals surface area contributed by atoms with Gasteiger partial charge in [-0.05, 0) is 12.8 Å². The number of nitrogens with two attached hydrogens (primary N) is 1. The Kier molecular flexibility index (Phi) is 6.43. The lowest BCUT2D eigenvalue weighted by atomic mass is 10.2. The number of thiazole rings is 1. The van der Waals surface area contributed by atoms with Crippen molar-refractivity contribution in [3.8, 4) is 0 Å². The molecule has 0 aliphatic carbocycles. The molecule has 0 fully saturated rings. The number of anilines is 1. The van der Waals surface area contributed by atoms with Crippen molar-refractivity contribution in [2.24, 2.45) is 0 Å². The minimum Gasteiger partial charge on any atom is -0.462 e. The second kappa shape index (κ2) is 7.87. The van der Waals surface area contributed by atoms with Gasteiger partial charge in [0.1, 0.15) is 0 Å². The maximum Gasteiger partial charge on any atom is 0.340 e. The molecule has 1 aromatic heterocycles. The van der Waals surface area contributed by atoms with Crippen LogP contribution < -0.4 is 5.73 Å². The van der Waals surface area contributed by atoms with E-state index in [-0.39, 0.29) is 5.97 Å². The van der Waals surface area contributed by atoms with Crippen LogP contribution in [0.2, 0.25) is 0 Å². The fourth-order valence-corrected chi connectivity index (χ4v) is 2.07. The molecule has 4 nitrogen and oxygen atoms in total. The number of hydrogen-bond acceptors (Lipinski definition) is 5. The van der Waals surface area contributed by atoms with Gasteiger partial charge in [0, 0.05) is 5.38 Å². The highest BCUT2D eigenvalue weighted by molar-refractivity contribution is 7.13. The Morgan fingerprint density at radius 2 is 2.28 bits per heavy atom. The number of nitrogen functional groups attached to an aromatic ring is 1. The molecule has 1 rings (SSSR count). The van der Waals surface area contributed by atoms with Crippen LogP contribution >= 0.6 is 11.3 Å². The third-order valence-electron chi connectivity index (χ3n) is 2.41. The van der Waals surface area contributed by atoms with Crippen molar-refractivity contribution in [1.29, 1.82) is 0 Å². The second-order valence-corrected chi connectivity index (χ2v) is 4.83. The molecule has 2 N–H and O–H groups in total. The van der Waals surface area contributed by atoms with Crippen molar-refractivity contribution in [1.82, 2.24) is 4.98 Å². The Balaban J connectivity index is 2.62. The third-order valence-corrected chi connectivity index (χ3v) is 3.08. The standard InChI is InChI=1S/C13H20N2O2S/c1-3-5-6-8-17-12(16)10(7-4-2)11-9-18-13(14)15-11/h7,9H,3-6,8H2,1-2H3,(H2,14,15)/b10-7+. The predicted octanol–water partition coefficient (Wildman–Crippen LogP) is 3.25. The Bertz CT molecular complexity index is 413. The number of allylic oxidation sites excluding steroid dienone is 1. The molecular weight excluding hydrogens is 248 g/mol. The summed E-state index contributed by atoms with van der Waals surface area (Å²) in [6.07, 6.45) is 5.68. The molecule has 0 amide bonds. The molecule has 0 aliphatic rings. The van der Waals surface area contributed by atoms with Crippen molar-refractivity contribution in [2.75, 3.05) is 12.3 Å². The summed E-state index contributed by atoms with van der Waals surface area (Å²) in [5.41, 5.74) is 6.71. The summed E-state index contributed by atoms with van der Waals surface area (Å²) in [6, 6.07) is 0. The van der Waals surface area contributed by atoms with Gasteiger partial charge >= 0.3 is 5.97 Å². The van der Waals surface area contributed by atoms with E-state index in [9.17, 15) is 4.79 Å². The zero-order chi connectivity index (χ0) is 13.4. The van der Waals surface area contributed by atoms with E-state index in [1.54, 1.807) is 5.38 Å². The van der Waals surface area contributed by atoms with E-state index in [0.29, 0.717) is 23.0 Å². The van der Waals surface area contributed by atoms with Gasteiger partial charge in [-0.25, -0.2) is 9.78 Å². The second-order valence-electron chi connectivity index (χ2n) is 3.94. The molecule has 0 radical (unpaired) electrons. The highest BCUT2D eigenvalue weighted by atomic mass is 32.1. The van der Waals surface area contributed by atoms with Gasteiger partial charge in [-0.1, -0.05) is 32.8 Å². The fraction of sp³-hybridized carbons (Fsp3) is 0.538. The van der Waals surface area contributed by atoms with E-state index in [0.717, 1.165) is 25.7 Å². The number of hydrogen-bond donors (Lipinski definition) is 1. The summed E-state index contributed by atoms with van der Waals surface area (Å²) in [7, 11) is 0. The number of nitrogens with zero attached hydrogens (tertiary/aromatic N) is 1. The summed E-state index contributed by atoms with van der Waals surface area (Å²) in [4.78, 5) is 16.1. The number of carbonyl (C=O) groups excluding carboxylic acids is 1. The molecule has 18 heavy (non-hydrogen) atoms. The lowest BCUT2D eigenvalue weighted by Crippen LogP contribution is -2.09. The highest BCUT2D eigenvalue weighted by Crippen LogP contribution is 2.21. The van der Waals surface area contributed by atoms with Gasteiger partial charge < -0.3 is 10.5 Å². The van der Waals surface area contributed by atoms with Gasteiger partial charge in [-0.2, -0.15) is 0 Å². The Morgan fingerprint density at radius 3 is 2.83 bits per heavy atom. The van der Waals surface area contributed by atoms with Crippen LogP contribution in [-0.2, 0) is 9.53 Å². The largest absolute Gasteiger partial charge is 0.462 e. The van der Waals surface area contributed by atoms with Crippen LogP contribution in [0.4, 0.5) is 5.13 Å². The number of rotatable bonds is 7. The Hall–Kier alpha value is -1.36. The zero-order valence-corrected chi connectivity index (χ0v) is 11.8. The maximum atomic E-state index is 11.9. The van der Waals surface area contributed by atoms with E-state index in [2.05, 4.69) is 11.9 Å². The number of carbonyl (C=O) groups is 1. The smallest absolute Gasteiger partial charge is 0.340 e. The first-order valence-electron chi connectivity index (χ1n) is 6.27. The van der Waals surface area contributed by atoms with Crippen LogP contribution in [-0.4, -0.2) is 17.6 Å². The van der Waals surface area contributed by atoms with Gasteiger partial charge in [0.25, 0.3) is 0 Å². The number of aromatic nitrogens is 1. The Morgan fingerprint density at radius 1 is 1.50 bits per heavy atom. The summed E-state index contributed by atoms with van der Waals surface area (Å²) in [5, 5.41) is 2.25. The highest BCUT2D eigenvalue weighted by Gasteiger charge is 2.15. The van der Waals surface area contributed by atoms with Crippen LogP contribution in [0.15, 0.2) is 11.5 Å². The maximum absolute atomic E-state index is 11.9. The molecule has 0 aliphatic heterocycles. The number of ether oxygens (including phenoxy) is 1. The van der Waals surface area contributed by atoms with Gasteiger partial charge in [-0.15, -0.1) is 11.3 Å². The van der Waals surface area contributed by atoms with Gasteiger partial charge in [0.2, 0.25) is 0 Å². The molecule has 0 bridgehead atoms. The SMILES string of the molecule is CC/C=C(/C(=O)OCCCCC)c1csc(N)n1. The molecule has 5 heteroatoms.